The Morgan fingerprint density at radius 3 is 2.74 bits per heavy atom. The van der Waals surface area contributed by atoms with Gasteiger partial charge in [-0.05, 0) is 22.4 Å². The molecular weight excluding hydrogens is 242 g/mol. The average Bonchev–Trinajstić information content (AvgIpc) is 2.58. The molecular formula is C15H13NO3. The second-order valence-electron chi connectivity index (χ2n) is 4.57. The number of carbonyl (C=O) groups excluding carboxylic acids is 2. The first-order chi connectivity index (χ1) is 9.20. The molecule has 2 aromatic rings. The zero-order valence-corrected chi connectivity index (χ0v) is 10.5. The molecule has 0 fully saturated rings. The number of ether oxygens (including phenoxy) is 1. The van der Waals surface area contributed by atoms with Gasteiger partial charge in [-0.15, -0.1) is 0 Å². The number of benzene rings is 2. The maximum atomic E-state index is 12.2. The molecule has 0 saturated heterocycles. The molecule has 0 saturated carbocycles. The molecule has 0 aliphatic carbocycles. The highest BCUT2D eigenvalue weighted by Gasteiger charge is 2.27. The number of rotatable bonds is 1. The van der Waals surface area contributed by atoms with Gasteiger partial charge in [0.05, 0.1) is 7.11 Å². The molecule has 1 unspecified atom stereocenters. The maximum Gasteiger partial charge on any atom is 0.328 e. The number of methoxy groups -OCH3 is 1. The van der Waals surface area contributed by atoms with E-state index in [4.69, 9.17) is 4.74 Å². The summed E-state index contributed by atoms with van der Waals surface area (Å²) in [6.45, 7) is 0. The lowest BCUT2D eigenvalue weighted by Crippen LogP contribution is -2.41. The molecule has 1 atom stereocenters. The van der Waals surface area contributed by atoms with Gasteiger partial charge in [-0.25, -0.2) is 4.79 Å². The molecule has 0 aromatic heterocycles. The normalized spacial score (nSPS) is 17.7. The molecule has 1 aliphatic heterocycles. The Morgan fingerprint density at radius 2 is 2.00 bits per heavy atom. The quantitative estimate of drug-likeness (QED) is 0.788. The molecule has 4 nitrogen and oxygen atoms in total. The second kappa shape index (κ2) is 4.39. The number of carbonyl (C=O) groups is 2. The Kier molecular flexibility index (Phi) is 2.71. The summed E-state index contributed by atoms with van der Waals surface area (Å²) in [5, 5.41) is 4.66. The molecule has 1 aliphatic rings. The van der Waals surface area contributed by atoms with E-state index in [1.807, 2.05) is 30.3 Å². The third-order valence-electron chi connectivity index (χ3n) is 3.45. The largest absolute Gasteiger partial charge is 0.467 e. The third kappa shape index (κ3) is 1.85. The van der Waals surface area contributed by atoms with Crippen molar-refractivity contribution in [3.8, 4) is 0 Å². The van der Waals surface area contributed by atoms with Crippen molar-refractivity contribution in [1.82, 2.24) is 5.32 Å². The number of hydrogen-bond donors (Lipinski definition) is 1. The fourth-order valence-corrected chi connectivity index (χ4v) is 2.57. The van der Waals surface area contributed by atoms with Crippen molar-refractivity contribution in [2.24, 2.45) is 0 Å². The summed E-state index contributed by atoms with van der Waals surface area (Å²) >= 11 is 0. The lowest BCUT2D eigenvalue weighted by Gasteiger charge is -2.13. The van der Waals surface area contributed by atoms with E-state index < -0.39 is 12.0 Å². The summed E-state index contributed by atoms with van der Waals surface area (Å²) in [5.41, 5.74) is 1.60. The van der Waals surface area contributed by atoms with Gasteiger partial charge in [-0.2, -0.15) is 0 Å². The van der Waals surface area contributed by atoms with E-state index in [1.165, 1.54) is 7.11 Å². The van der Waals surface area contributed by atoms with Crippen molar-refractivity contribution >= 4 is 22.6 Å². The first-order valence-electron chi connectivity index (χ1n) is 6.10. The number of nitrogens with one attached hydrogen (secondary N) is 1. The lowest BCUT2D eigenvalue weighted by molar-refractivity contribution is -0.142. The second-order valence-corrected chi connectivity index (χ2v) is 4.57. The van der Waals surface area contributed by atoms with E-state index in [-0.39, 0.29) is 5.91 Å². The van der Waals surface area contributed by atoms with E-state index in [9.17, 15) is 9.59 Å². The summed E-state index contributed by atoms with van der Waals surface area (Å²) in [7, 11) is 1.33. The highest BCUT2D eigenvalue weighted by atomic mass is 16.5. The van der Waals surface area contributed by atoms with Crippen LogP contribution in [0, 0.1) is 0 Å². The van der Waals surface area contributed by atoms with E-state index in [1.54, 1.807) is 6.07 Å². The van der Waals surface area contributed by atoms with Crippen molar-refractivity contribution in [2.45, 2.75) is 12.5 Å². The standard InChI is InChI=1S/C15H13NO3/c1-19-15(18)12-8-10-6-2-4-9-5-3-7-11(13(9)10)14(17)16-12/h2-7,12H,8H2,1H3,(H,16,17). The molecule has 96 valence electrons. The zero-order chi connectivity index (χ0) is 13.4. The molecule has 0 radical (unpaired) electrons. The molecule has 1 N–H and O–H groups in total. The average molecular weight is 255 g/mol. The Hall–Kier alpha value is -2.36. The van der Waals surface area contributed by atoms with Gasteiger partial charge >= 0.3 is 5.97 Å². The Labute approximate surface area is 110 Å². The smallest absolute Gasteiger partial charge is 0.328 e. The molecule has 1 amide bonds. The molecule has 3 rings (SSSR count). The van der Waals surface area contributed by atoms with Gasteiger partial charge in [-0.3, -0.25) is 4.79 Å². The highest BCUT2D eigenvalue weighted by Crippen LogP contribution is 2.26. The van der Waals surface area contributed by atoms with Crippen LogP contribution in [0.25, 0.3) is 10.8 Å². The summed E-state index contributed by atoms with van der Waals surface area (Å²) in [6, 6.07) is 10.8. The van der Waals surface area contributed by atoms with Gasteiger partial charge in [-0.1, -0.05) is 30.3 Å². The summed E-state index contributed by atoms with van der Waals surface area (Å²) < 4.78 is 4.73. The number of esters is 1. The predicted octanol–water partition coefficient (Wildman–Crippen LogP) is 1.67. The van der Waals surface area contributed by atoms with Gasteiger partial charge in [0, 0.05) is 12.0 Å². The van der Waals surface area contributed by atoms with Crippen LogP contribution in [0.4, 0.5) is 0 Å². The summed E-state index contributed by atoms with van der Waals surface area (Å²) in [4.78, 5) is 23.9. The predicted molar refractivity (Wildman–Crippen MR) is 70.9 cm³/mol. The first-order valence-corrected chi connectivity index (χ1v) is 6.10. The summed E-state index contributed by atoms with van der Waals surface area (Å²) in [6.07, 6.45) is 0.451. The van der Waals surface area contributed by atoms with Crippen LogP contribution in [0.1, 0.15) is 15.9 Å². The SMILES string of the molecule is COC(=O)C1Cc2cccc3cccc(c23)C(=O)N1. The third-order valence-corrected chi connectivity index (χ3v) is 3.45. The van der Waals surface area contributed by atoms with Gasteiger partial charge < -0.3 is 10.1 Å². The Balaban J connectivity index is 2.20. The first kappa shape index (κ1) is 11.7. The van der Waals surface area contributed by atoms with E-state index in [0.717, 1.165) is 16.3 Å². The Bertz CT molecular complexity index is 673. The van der Waals surface area contributed by atoms with Crippen LogP contribution in [0.3, 0.4) is 0 Å². The highest BCUT2D eigenvalue weighted by molar-refractivity contribution is 6.10. The maximum absolute atomic E-state index is 12.2. The molecule has 0 spiro atoms. The fourth-order valence-electron chi connectivity index (χ4n) is 2.57. The van der Waals surface area contributed by atoms with Crippen LogP contribution in [-0.4, -0.2) is 25.0 Å². The summed E-state index contributed by atoms with van der Waals surface area (Å²) in [5.74, 6) is -0.649. The van der Waals surface area contributed by atoms with Crippen molar-refractivity contribution in [1.29, 1.82) is 0 Å². The van der Waals surface area contributed by atoms with E-state index >= 15 is 0 Å². The zero-order valence-electron chi connectivity index (χ0n) is 10.5. The monoisotopic (exact) mass is 255 g/mol. The van der Waals surface area contributed by atoms with Crippen molar-refractivity contribution < 1.29 is 14.3 Å². The van der Waals surface area contributed by atoms with Crippen LogP contribution < -0.4 is 5.32 Å². The topological polar surface area (TPSA) is 55.4 Å². The fraction of sp³-hybridized carbons (Fsp3) is 0.200. The van der Waals surface area contributed by atoms with E-state index in [0.29, 0.717) is 12.0 Å². The van der Waals surface area contributed by atoms with Gasteiger partial charge in [0.25, 0.3) is 5.91 Å². The van der Waals surface area contributed by atoms with Gasteiger partial charge in [0.2, 0.25) is 0 Å². The number of amides is 1. The minimum atomic E-state index is -0.629. The molecule has 19 heavy (non-hydrogen) atoms. The van der Waals surface area contributed by atoms with Crippen LogP contribution >= 0.6 is 0 Å². The van der Waals surface area contributed by atoms with Gasteiger partial charge in [0.1, 0.15) is 6.04 Å². The van der Waals surface area contributed by atoms with Crippen LogP contribution in [0.5, 0.6) is 0 Å². The van der Waals surface area contributed by atoms with Crippen molar-refractivity contribution in [3.05, 3.63) is 47.5 Å². The molecule has 4 heteroatoms. The minimum absolute atomic E-state index is 0.231. The van der Waals surface area contributed by atoms with Crippen LogP contribution in [0.2, 0.25) is 0 Å². The van der Waals surface area contributed by atoms with Crippen molar-refractivity contribution in [2.75, 3.05) is 7.11 Å². The Morgan fingerprint density at radius 1 is 1.26 bits per heavy atom. The lowest BCUT2D eigenvalue weighted by atomic mass is 9.97. The minimum Gasteiger partial charge on any atom is -0.467 e. The van der Waals surface area contributed by atoms with E-state index in [2.05, 4.69) is 5.32 Å². The number of hydrogen-bond acceptors (Lipinski definition) is 3. The molecule has 1 heterocycles. The van der Waals surface area contributed by atoms with Gasteiger partial charge in [0.15, 0.2) is 0 Å². The van der Waals surface area contributed by atoms with Crippen molar-refractivity contribution in [3.63, 3.8) is 0 Å². The molecule has 0 bridgehead atoms. The van der Waals surface area contributed by atoms with Crippen LogP contribution in [-0.2, 0) is 16.0 Å². The molecule has 2 aromatic carbocycles. The van der Waals surface area contributed by atoms with Crippen LogP contribution in [0.15, 0.2) is 36.4 Å².